The van der Waals surface area contributed by atoms with Crippen molar-refractivity contribution in [1.82, 2.24) is 4.98 Å². The third-order valence-electron chi connectivity index (χ3n) is 7.36. The van der Waals surface area contributed by atoms with Crippen LogP contribution in [0.15, 0.2) is 66.9 Å². The lowest BCUT2D eigenvalue weighted by molar-refractivity contribution is -0.126. The van der Waals surface area contributed by atoms with Crippen molar-refractivity contribution < 1.29 is 19.1 Å². The summed E-state index contributed by atoms with van der Waals surface area (Å²) in [5, 5.41) is 2.93. The summed E-state index contributed by atoms with van der Waals surface area (Å²) in [5.74, 6) is 1.23. The zero-order chi connectivity index (χ0) is 25.8. The lowest BCUT2D eigenvalue weighted by atomic mass is 9.78. The molecule has 190 valence electrons. The number of hydrogen-bond donors (Lipinski definition) is 1. The van der Waals surface area contributed by atoms with Gasteiger partial charge in [0, 0.05) is 41.4 Å². The third kappa shape index (κ3) is 5.71. The van der Waals surface area contributed by atoms with Gasteiger partial charge in [-0.2, -0.15) is 0 Å². The Labute approximate surface area is 216 Å². The molecular formula is C30H31N3O4. The van der Waals surface area contributed by atoms with Crippen molar-refractivity contribution in [3.8, 4) is 16.9 Å². The number of rotatable bonds is 6. The topological polar surface area (TPSA) is 88.6 Å². The maximum Gasteiger partial charge on any atom is 0.326 e. The van der Waals surface area contributed by atoms with Gasteiger partial charge in [-0.1, -0.05) is 30.3 Å². The van der Waals surface area contributed by atoms with Crippen LogP contribution in [0, 0.1) is 11.8 Å². The van der Waals surface area contributed by atoms with Gasteiger partial charge >= 0.3 is 6.03 Å². The van der Waals surface area contributed by atoms with E-state index < -0.39 is 0 Å². The molecule has 1 saturated carbocycles. The fourth-order valence-electron chi connectivity index (χ4n) is 5.17. The molecule has 1 aromatic heterocycles. The van der Waals surface area contributed by atoms with Crippen LogP contribution in [0.5, 0.6) is 5.75 Å². The molecule has 0 radical (unpaired) electrons. The van der Waals surface area contributed by atoms with E-state index in [9.17, 15) is 14.4 Å². The number of fused-ring (bicyclic) bond motifs is 1. The van der Waals surface area contributed by atoms with E-state index in [4.69, 9.17) is 4.74 Å². The molecule has 2 amide bonds. The lowest BCUT2D eigenvalue weighted by Crippen LogP contribution is -2.40. The molecular weight excluding hydrogens is 466 g/mol. The van der Waals surface area contributed by atoms with Gasteiger partial charge in [-0.05, 0) is 68.5 Å². The van der Waals surface area contributed by atoms with Crippen molar-refractivity contribution in [2.45, 2.75) is 39.0 Å². The maximum atomic E-state index is 12.9. The molecule has 1 aliphatic carbocycles. The van der Waals surface area contributed by atoms with E-state index in [1.54, 1.807) is 18.0 Å². The van der Waals surface area contributed by atoms with Crippen LogP contribution in [-0.4, -0.2) is 35.7 Å². The number of para-hydroxylation sites is 1. The van der Waals surface area contributed by atoms with Crippen LogP contribution in [0.3, 0.4) is 0 Å². The van der Waals surface area contributed by atoms with Gasteiger partial charge in [-0.15, -0.1) is 0 Å². The quantitative estimate of drug-likeness (QED) is 0.473. The van der Waals surface area contributed by atoms with E-state index >= 15 is 0 Å². The first-order valence-corrected chi connectivity index (χ1v) is 12.9. The van der Waals surface area contributed by atoms with Gasteiger partial charge in [-0.25, -0.2) is 4.79 Å². The average Bonchev–Trinajstić information content (AvgIpc) is 2.93. The van der Waals surface area contributed by atoms with Crippen LogP contribution in [0.4, 0.5) is 16.2 Å². The SMILES string of the molecule is CC(=O)C1CCC(C(=O)Cc2ccc(-c3ccc4c(c3)OCCN4C(=O)Nc3ccccc3)cn2)CC1. The number of benzene rings is 2. The molecule has 0 bridgehead atoms. The fraction of sp³-hybridized carbons (Fsp3) is 0.333. The molecule has 2 aliphatic rings. The van der Waals surface area contributed by atoms with Gasteiger partial charge in [0.1, 0.15) is 23.9 Å². The number of carbonyl (C=O) groups excluding carboxylic acids is 3. The number of anilines is 2. The van der Waals surface area contributed by atoms with Crippen LogP contribution in [-0.2, 0) is 16.0 Å². The van der Waals surface area contributed by atoms with Crippen LogP contribution < -0.4 is 15.0 Å². The first-order valence-electron chi connectivity index (χ1n) is 12.9. The Morgan fingerprint density at radius 1 is 0.946 bits per heavy atom. The van der Waals surface area contributed by atoms with Gasteiger partial charge in [0.2, 0.25) is 0 Å². The first kappa shape index (κ1) is 24.7. The molecule has 1 aliphatic heterocycles. The molecule has 3 aromatic rings. The van der Waals surface area contributed by atoms with Crippen molar-refractivity contribution in [2.24, 2.45) is 11.8 Å². The summed E-state index contributed by atoms with van der Waals surface area (Å²) >= 11 is 0. The van der Waals surface area contributed by atoms with Crippen LogP contribution in [0.2, 0.25) is 0 Å². The van der Waals surface area contributed by atoms with E-state index in [2.05, 4.69) is 10.3 Å². The van der Waals surface area contributed by atoms with Crippen LogP contribution >= 0.6 is 0 Å². The van der Waals surface area contributed by atoms with E-state index in [1.807, 2.05) is 60.7 Å². The number of ketones is 2. The van der Waals surface area contributed by atoms with Crippen LogP contribution in [0.25, 0.3) is 11.1 Å². The molecule has 7 heteroatoms. The molecule has 2 heterocycles. The Balaban J connectivity index is 1.23. The second kappa shape index (κ2) is 10.9. The number of nitrogens with zero attached hydrogens (tertiary/aromatic N) is 2. The Morgan fingerprint density at radius 2 is 1.68 bits per heavy atom. The summed E-state index contributed by atoms with van der Waals surface area (Å²) in [6, 6.07) is 18.8. The number of ether oxygens (including phenoxy) is 1. The minimum atomic E-state index is -0.200. The number of nitrogens with one attached hydrogen (secondary N) is 1. The molecule has 1 fully saturated rings. The Bertz CT molecular complexity index is 1280. The number of urea groups is 1. The van der Waals surface area contributed by atoms with Crippen molar-refractivity contribution in [3.05, 3.63) is 72.6 Å². The summed E-state index contributed by atoms with van der Waals surface area (Å²) in [7, 11) is 0. The summed E-state index contributed by atoms with van der Waals surface area (Å²) in [5.41, 5.74) is 4.05. The van der Waals surface area contributed by atoms with Crippen molar-refractivity contribution in [3.63, 3.8) is 0 Å². The van der Waals surface area contributed by atoms with Gasteiger partial charge in [0.15, 0.2) is 0 Å². The van der Waals surface area contributed by atoms with Gasteiger partial charge in [-0.3, -0.25) is 19.5 Å². The predicted molar refractivity (Wildman–Crippen MR) is 143 cm³/mol. The van der Waals surface area contributed by atoms with Crippen molar-refractivity contribution in [1.29, 1.82) is 0 Å². The van der Waals surface area contributed by atoms with Crippen molar-refractivity contribution >= 4 is 29.0 Å². The number of pyridine rings is 1. The van der Waals surface area contributed by atoms with E-state index in [0.717, 1.165) is 53.9 Å². The molecule has 1 N–H and O–H groups in total. The van der Waals surface area contributed by atoms with E-state index in [0.29, 0.717) is 25.3 Å². The molecule has 0 atom stereocenters. The summed E-state index contributed by atoms with van der Waals surface area (Å²) in [6.07, 6.45) is 5.29. The molecule has 0 saturated heterocycles. The van der Waals surface area contributed by atoms with Gasteiger partial charge < -0.3 is 10.1 Å². The summed E-state index contributed by atoms with van der Waals surface area (Å²) in [4.78, 5) is 43.5. The van der Waals surface area contributed by atoms with Crippen molar-refractivity contribution in [2.75, 3.05) is 23.4 Å². The van der Waals surface area contributed by atoms with Gasteiger partial charge in [0.05, 0.1) is 12.2 Å². The lowest BCUT2D eigenvalue weighted by Gasteiger charge is -2.30. The molecule has 7 nitrogen and oxygen atoms in total. The zero-order valence-corrected chi connectivity index (χ0v) is 21.0. The molecule has 0 spiro atoms. The van der Waals surface area contributed by atoms with Gasteiger partial charge in [0.25, 0.3) is 0 Å². The highest BCUT2D eigenvalue weighted by Gasteiger charge is 2.28. The van der Waals surface area contributed by atoms with Crippen LogP contribution in [0.1, 0.15) is 38.3 Å². The summed E-state index contributed by atoms with van der Waals surface area (Å²) in [6.45, 7) is 2.52. The Morgan fingerprint density at radius 3 is 2.38 bits per heavy atom. The minimum Gasteiger partial charge on any atom is -0.490 e. The highest BCUT2D eigenvalue weighted by Crippen LogP contribution is 2.36. The highest BCUT2D eigenvalue weighted by molar-refractivity contribution is 6.03. The highest BCUT2D eigenvalue weighted by atomic mass is 16.5. The summed E-state index contributed by atoms with van der Waals surface area (Å²) < 4.78 is 5.87. The monoisotopic (exact) mass is 497 g/mol. The number of carbonyl (C=O) groups is 3. The minimum absolute atomic E-state index is 0.0249. The van der Waals surface area contributed by atoms with E-state index in [1.165, 1.54) is 0 Å². The number of Topliss-reactive ketones (excluding diaryl/α,β-unsaturated/α-hetero) is 2. The third-order valence-corrected chi connectivity index (χ3v) is 7.36. The smallest absolute Gasteiger partial charge is 0.326 e. The second-order valence-electron chi connectivity index (χ2n) is 9.82. The standard InChI is InChI=1S/C30H31N3O4/c1-20(34)21-7-9-22(10-8-21)28(35)18-26-13-11-24(19-31-26)23-12-14-27-29(17-23)37-16-15-33(27)30(36)32-25-5-3-2-4-6-25/h2-6,11-14,17,19,21-22H,7-10,15-16,18H2,1H3,(H,32,36). The normalized spacial score (nSPS) is 18.9. The van der Waals surface area contributed by atoms with E-state index in [-0.39, 0.29) is 29.4 Å². The fourth-order valence-corrected chi connectivity index (χ4v) is 5.17. The predicted octanol–water partition coefficient (Wildman–Crippen LogP) is 5.69. The Kier molecular flexibility index (Phi) is 7.30. The first-order chi connectivity index (χ1) is 18.0. The number of aromatic nitrogens is 1. The Hall–Kier alpha value is -4.00. The molecule has 5 rings (SSSR count). The second-order valence-corrected chi connectivity index (χ2v) is 9.82. The molecule has 2 aromatic carbocycles. The molecule has 37 heavy (non-hydrogen) atoms. The number of hydrogen-bond acceptors (Lipinski definition) is 5. The molecule has 0 unspecified atom stereocenters. The largest absolute Gasteiger partial charge is 0.490 e. The maximum absolute atomic E-state index is 12.9. The number of amides is 2. The zero-order valence-electron chi connectivity index (χ0n) is 21.0. The average molecular weight is 498 g/mol.